The minimum atomic E-state index is -0.797. The zero-order valence-electron chi connectivity index (χ0n) is 10.7. The number of halogens is 1. The first-order valence-corrected chi connectivity index (χ1v) is 6.80. The molecule has 0 aliphatic heterocycles. The normalized spacial score (nSPS) is 18.0. The Morgan fingerprint density at radius 3 is 2.84 bits per heavy atom. The van der Waals surface area contributed by atoms with Gasteiger partial charge in [-0.15, -0.1) is 0 Å². The van der Waals surface area contributed by atoms with Crippen molar-refractivity contribution in [1.29, 1.82) is 0 Å². The van der Waals surface area contributed by atoms with Gasteiger partial charge < -0.3 is 16.2 Å². The van der Waals surface area contributed by atoms with Gasteiger partial charge in [-0.2, -0.15) is 0 Å². The Hall–Kier alpha value is -1.33. The molecule has 1 aromatic rings. The molecule has 5 nitrogen and oxygen atoms in total. The van der Waals surface area contributed by atoms with E-state index >= 15 is 0 Å². The van der Waals surface area contributed by atoms with Gasteiger partial charge in [0.25, 0.3) is 5.91 Å². The molecule has 1 aliphatic rings. The summed E-state index contributed by atoms with van der Waals surface area (Å²) in [6.45, 7) is 0.233. The molecule has 0 aromatic carbocycles. The molecule has 1 saturated carbocycles. The van der Waals surface area contributed by atoms with Crippen molar-refractivity contribution in [1.82, 2.24) is 10.3 Å². The molecular formula is C13H18ClN3O2. The predicted molar refractivity (Wildman–Crippen MR) is 74.0 cm³/mol. The molecule has 1 fully saturated rings. The highest BCUT2D eigenvalue weighted by Gasteiger charge is 2.29. The maximum absolute atomic E-state index is 12.0. The highest BCUT2D eigenvalue weighted by molar-refractivity contribution is 6.32. The Kier molecular flexibility index (Phi) is 4.27. The molecule has 2 rings (SSSR count). The van der Waals surface area contributed by atoms with Crippen molar-refractivity contribution in [3.05, 3.63) is 23.0 Å². The number of rotatable bonds is 3. The summed E-state index contributed by atoms with van der Waals surface area (Å²) in [5.41, 5.74) is 5.40. The van der Waals surface area contributed by atoms with Crippen LogP contribution >= 0.6 is 11.6 Å². The van der Waals surface area contributed by atoms with Crippen molar-refractivity contribution in [2.24, 2.45) is 0 Å². The molecule has 104 valence electrons. The Morgan fingerprint density at radius 1 is 1.47 bits per heavy atom. The van der Waals surface area contributed by atoms with Crippen LogP contribution in [0.5, 0.6) is 0 Å². The molecule has 1 aliphatic carbocycles. The van der Waals surface area contributed by atoms with E-state index in [0.717, 1.165) is 32.1 Å². The van der Waals surface area contributed by atoms with Crippen LogP contribution < -0.4 is 11.1 Å². The summed E-state index contributed by atoms with van der Waals surface area (Å²) < 4.78 is 0. The minimum absolute atomic E-state index is 0.113. The molecule has 19 heavy (non-hydrogen) atoms. The number of amides is 1. The van der Waals surface area contributed by atoms with Gasteiger partial charge >= 0.3 is 0 Å². The van der Waals surface area contributed by atoms with Gasteiger partial charge in [0.15, 0.2) is 0 Å². The summed E-state index contributed by atoms with van der Waals surface area (Å²) in [5, 5.41) is 13.1. The van der Waals surface area contributed by atoms with Crippen molar-refractivity contribution in [2.45, 2.75) is 37.7 Å². The average Bonchev–Trinajstić information content (AvgIpc) is 2.40. The van der Waals surface area contributed by atoms with Crippen LogP contribution in [0.3, 0.4) is 0 Å². The summed E-state index contributed by atoms with van der Waals surface area (Å²) in [7, 11) is 0. The monoisotopic (exact) mass is 283 g/mol. The Bertz CT molecular complexity index is 473. The number of carbonyl (C=O) groups excluding carboxylic acids is 1. The molecule has 0 saturated heterocycles. The molecule has 0 atom stereocenters. The van der Waals surface area contributed by atoms with E-state index in [0.29, 0.717) is 5.69 Å². The minimum Gasteiger partial charge on any atom is -0.397 e. The summed E-state index contributed by atoms with van der Waals surface area (Å²) in [4.78, 5) is 15.8. The molecule has 1 amide bonds. The lowest BCUT2D eigenvalue weighted by molar-refractivity contribution is 0.00525. The number of aromatic nitrogens is 1. The fraction of sp³-hybridized carbons (Fsp3) is 0.538. The number of pyridine rings is 1. The van der Waals surface area contributed by atoms with Crippen LogP contribution in [0, 0.1) is 0 Å². The molecule has 6 heteroatoms. The van der Waals surface area contributed by atoms with Crippen LogP contribution in [0.25, 0.3) is 0 Å². The predicted octanol–water partition coefficient (Wildman–Crippen LogP) is 1.74. The van der Waals surface area contributed by atoms with Gasteiger partial charge in [0.1, 0.15) is 5.15 Å². The van der Waals surface area contributed by atoms with E-state index < -0.39 is 5.60 Å². The average molecular weight is 284 g/mol. The van der Waals surface area contributed by atoms with Gasteiger partial charge in [-0.05, 0) is 18.9 Å². The first kappa shape index (κ1) is 14.1. The van der Waals surface area contributed by atoms with Gasteiger partial charge in [0.2, 0.25) is 0 Å². The molecule has 1 aromatic heterocycles. The molecule has 0 radical (unpaired) electrons. The zero-order valence-corrected chi connectivity index (χ0v) is 11.4. The quantitative estimate of drug-likeness (QED) is 0.737. The highest BCUT2D eigenvalue weighted by Crippen LogP contribution is 2.27. The van der Waals surface area contributed by atoms with Crippen molar-refractivity contribution in [2.75, 3.05) is 12.3 Å². The number of nitrogen functional groups attached to an aromatic ring is 1. The number of nitrogens with one attached hydrogen (secondary N) is 1. The largest absolute Gasteiger partial charge is 0.397 e. The molecule has 0 unspecified atom stereocenters. The number of carbonyl (C=O) groups is 1. The summed E-state index contributed by atoms with van der Waals surface area (Å²) in [5.74, 6) is -0.358. The third-order valence-electron chi connectivity index (χ3n) is 3.47. The molecule has 4 N–H and O–H groups in total. The lowest BCUT2D eigenvalue weighted by Crippen LogP contribution is -2.44. The lowest BCUT2D eigenvalue weighted by Gasteiger charge is -2.32. The number of nitrogens with two attached hydrogens (primary N) is 1. The van der Waals surface area contributed by atoms with E-state index in [1.54, 1.807) is 0 Å². The SMILES string of the molecule is Nc1cnc(Cl)c(C(=O)NCC2(O)CCCCC2)c1. The van der Waals surface area contributed by atoms with Crippen LogP contribution in [-0.2, 0) is 0 Å². The molecule has 0 spiro atoms. The first-order chi connectivity index (χ1) is 9.00. The van der Waals surface area contributed by atoms with Gasteiger partial charge in [0, 0.05) is 6.54 Å². The van der Waals surface area contributed by atoms with Crippen LogP contribution in [0.2, 0.25) is 5.15 Å². The van der Waals surface area contributed by atoms with Crippen molar-refractivity contribution >= 4 is 23.2 Å². The van der Waals surface area contributed by atoms with Crippen LogP contribution in [-0.4, -0.2) is 28.1 Å². The number of aliphatic hydroxyl groups is 1. The van der Waals surface area contributed by atoms with Gasteiger partial charge in [-0.25, -0.2) is 4.98 Å². The lowest BCUT2D eigenvalue weighted by atomic mass is 9.85. The summed E-state index contributed by atoms with van der Waals surface area (Å²) in [6, 6.07) is 1.48. The van der Waals surface area contributed by atoms with Crippen molar-refractivity contribution < 1.29 is 9.90 Å². The number of hydrogen-bond donors (Lipinski definition) is 3. The highest BCUT2D eigenvalue weighted by atomic mass is 35.5. The zero-order chi connectivity index (χ0) is 13.9. The number of anilines is 1. The fourth-order valence-electron chi connectivity index (χ4n) is 2.35. The van der Waals surface area contributed by atoms with Gasteiger partial charge in [0.05, 0.1) is 23.0 Å². The van der Waals surface area contributed by atoms with Gasteiger partial charge in [-0.1, -0.05) is 30.9 Å². The topological polar surface area (TPSA) is 88.2 Å². The summed E-state index contributed by atoms with van der Waals surface area (Å²) in [6.07, 6.45) is 5.96. The molecular weight excluding hydrogens is 266 g/mol. The second-order valence-electron chi connectivity index (χ2n) is 5.07. The second kappa shape index (κ2) is 5.75. The second-order valence-corrected chi connectivity index (χ2v) is 5.43. The Morgan fingerprint density at radius 2 is 2.16 bits per heavy atom. The van der Waals surface area contributed by atoms with E-state index in [4.69, 9.17) is 17.3 Å². The van der Waals surface area contributed by atoms with Crippen LogP contribution in [0.15, 0.2) is 12.3 Å². The third-order valence-corrected chi connectivity index (χ3v) is 3.77. The van der Waals surface area contributed by atoms with E-state index in [2.05, 4.69) is 10.3 Å². The Balaban J connectivity index is 1.99. The standard InChI is InChI=1S/C13H18ClN3O2/c14-11-10(6-9(15)7-16-11)12(18)17-8-13(19)4-2-1-3-5-13/h6-7,19H,1-5,8,15H2,(H,17,18). The van der Waals surface area contributed by atoms with Crippen LogP contribution in [0.1, 0.15) is 42.5 Å². The third kappa shape index (κ3) is 3.58. The maximum atomic E-state index is 12.0. The van der Waals surface area contributed by atoms with Crippen LogP contribution in [0.4, 0.5) is 5.69 Å². The summed E-state index contributed by atoms with van der Waals surface area (Å²) >= 11 is 5.86. The van der Waals surface area contributed by atoms with E-state index in [-0.39, 0.29) is 23.2 Å². The van der Waals surface area contributed by atoms with E-state index in [1.165, 1.54) is 12.3 Å². The first-order valence-electron chi connectivity index (χ1n) is 6.42. The molecule has 0 bridgehead atoms. The van der Waals surface area contributed by atoms with Crippen molar-refractivity contribution in [3.8, 4) is 0 Å². The van der Waals surface area contributed by atoms with Gasteiger partial charge in [-0.3, -0.25) is 4.79 Å². The Labute approximate surface area is 117 Å². The number of hydrogen-bond acceptors (Lipinski definition) is 4. The number of nitrogens with zero attached hydrogens (tertiary/aromatic N) is 1. The smallest absolute Gasteiger partial charge is 0.254 e. The van der Waals surface area contributed by atoms with Crippen molar-refractivity contribution in [3.63, 3.8) is 0 Å². The van der Waals surface area contributed by atoms with E-state index in [1.807, 2.05) is 0 Å². The van der Waals surface area contributed by atoms with E-state index in [9.17, 15) is 9.90 Å². The fourth-order valence-corrected chi connectivity index (χ4v) is 2.54. The molecule has 1 heterocycles. The maximum Gasteiger partial charge on any atom is 0.254 e.